The Morgan fingerprint density at radius 2 is 0.884 bits per heavy atom. The molecule has 43 heavy (non-hydrogen) atoms. The normalized spacial score (nSPS) is 16.6. The summed E-state index contributed by atoms with van der Waals surface area (Å²) in [5, 5.41) is 0. The number of rotatable bonds is 8. The zero-order valence-electron chi connectivity index (χ0n) is 25.8. The van der Waals surface area contributed by atoms with Gasteiger partial charge in [-0.1, -0.05) is 76.6 Å². The molecule has 0 unspecified atom stereocenters. The molecule has 2 fully saturated rings. The summed E-state index contributed by atoms with van der Waals surface area (Å²) in [6.07, 6.45) is 12.6. The van der Waals surface area contributed by atoms with Crippen LogP contribution in [0.5, 0.6) is 23.0 Å². The van der Waals surface area contributed by atoms with E-state index in [1.807, 2.05) is 48.5 Å². The maximum absolute atomic E-state index is 6.49. The number of nitrogens with two attached hydrogens (primary N) is 2. The van der Waals surface area contributed by atoms with Gasteiger partial charge in [0.05, 0.1) is 0 Å². The summed E-state index contributed by atoms with van der Waals surface area (Å²) in [4.78, 5) is 0. The molecule has 0 aliphatic heterocycles. The van der Waals surface area contributed by atoms with Gasteiger partial charge in [0.25, 0.3) is 0 Å². The van der Waals surface area contributed by atoms with Crippen molar-refractivity contribution in [2.45, 2.75) is 95.3 Å². The Hall–Kier alpha value is -3.92. The van der Waals surface area contributed by atoms with Crippen molar-refractivity contribution in [1.82, 2.24) is 0 Å². The third-order valence-electron chi connectivity index (χ3n) is 9.77. The minimum Gasteiger partial charge on any atom is -0.457 e. The van der Waals surface area contributed by atoms with Crippen LogP contribution in [0.2, 0.25) is 0 Å². The molecule has 4 aromatic rings. The molecule has 6 rings (SSSR count). The van der Waals surface area contributed by atoms with Crippen molar-refractivity contribution in [3.05, 3.63) is 107 Å². The summed E-state index contributed by atoms with van der Waals surface area (Å²) in [5.74, 6) is 4.61. The number of ether oxygens (including phenoxy) is 2. The summed E-state index contributed by atoms with van der Waals surface area (Å²) >= 11 is 0. The van der Waals surface area contributed by atoms with E-state index in [2.05, 4.69) is 50.2 Å². The van der Waals surface area contributed by atoms with Crippen molar-refractivity contribution in [2.24, 2.45) is 0 Å². The zero-order valence-corrected chi connectivity index (χ0v) is 25.8. The van der Waals surface area contributed by atoms with E-state index in [1.54, 1.807) is 0 Å². The number of hydrogen-bond donors (Lipinski definition) is 2. The van der Waals surface area contributed by atoms with Crippen molar-refractivity contribution in [3.8, 4) is 23.0 Å². The molecule has 0 aromatic heterocycles. The Morgan fingerprint density at radius 3 is 1.26 bits per heavy atom. The third kappa shape index (κ3) is 6.69. The molecule has 0 spiro atoms. The molecule has 2 aliphatic carbocycles. The average Bonchev–Trinajstić information content (AvgIpc) is 3.04. The summed E-state index contributed by atoms with van der Waals surface area (Å²) in [5.41, 5.74) is 18.5. The van der Waals surface area contributed by atoms with Crippen LogP contribution in [0, 0.1) is 0 Å². The Bertz CT molecular complexity index is 1400. The maximum atomic E-state index is 6.49. The monoisotopic (exact) mass is 574 g/mol. The van der Waals surface area contributed by atoms with Gasteiger partial charge in [-0.15, -0.1) is 0 Å². The van der Waals surface area contributed by atoms with E-state index in [-0.39, 0.29) is 5.41 Å². The Morgan fingerprint density at radius 1 is 0.512 bits per heavy atom. The largest absolute Gasteiger partial charge is 0.457 e. The first-order valence-corrected chi connectivity index (χ1v) is 16.2. The van der Waals surface area contributed by atoms with Gasteiger partial charge in [-0.2, -0.15) is 0 Å². The first-order chi connectivity index (χ1) is 20.9. The van der Waals surface area contributed by atoms with Gasteiger partial charge in [0, 0.05) is 16.8 Å². The number of benzene rings is 4. The van der Waals surface area contributed by atoms with E-state index < -0.39 is 0 Å². The van der Waals surface area contributed by atoms with Crippen molar-refractivity contribution in [2.75, 3.05) is 11.5 Å². The molecular weight excluding hydrogens is 528 g/mol. The second-order valence-corrected chi connectivity index (χ2v) is 13.1. The van der Waals surface area contributed by atoms with Gasteiger partial charge >= 0.3 is 0 Å². The summed E-state index contributed by atoms with van der Waals surface area (Å²) in [7, 11) is 0. The van der Waals surface area contributed by atoms with Gasteiger partial charge in [0.1, 0.15) is 23.0 Å². The average molecular weight is 575 g/mol. The van der Waals surface area contributed by atoms with Crippen LogP contribution in [0.3, 0.4) is 0 Å². The highest BCUT2D eigenvalue weighted by molar-refractivity contribution is 5.52. The third-order valence-corrected chi connectivity index (χ3v) is 9.77. The van der Waals surface area contributed by atoms with Gasteiger partial charge < -0.3 is 20.9 Å². The van der Waals surface area contributed by atoms with Crippen LogP contribution < -0.4 is 20.9 Å². The van der Waals surface area contributed by atoms with Gasteiger partial charge in [0.2, 0.25) is 0 Å². The first-order valence-electron chi connectivity index (χ1n) is 16.2. The highest BCUT2D eigenvalue weighted by atomic mass is 16.5. The fourth-order valence-corrected chi connectivity index (χ4v) is 7.02. The topological polar surface area (TPSA) is 70.5 Å². The van der Waals surface area contributed by atoms with Crippen molar-refractivity contribution >= 4 is 11.4 Å². The van der Waals surface area contributed by atoms with E-state index in [1.165, 1.54) is 86.5 Å². The van der Waals surface area contributed by atoms with Crippen LogP contribution in [0.4, 0.5) is 11.4 Å². The van der Waals surface area contributed by atoms with Crippen LogP contribution in [-0.4, -0.2) is 0 Å². The molecule has 0 bridgehead atoms. The van der Waals surface area contributed by atoms with E-state index in [9.17, 15) is 0 Å². The quantitative estimate of drug-likeness (QED) is 0.205. The second-order valence-electron chi connectivity index (χ2n) is 13.1. The van der Waals surface area contributed by atoms with Crippen molar-refractivity contribution in [1.29, 1.82) is 0 Å². The zero-order chi connectivity index (χ0) is 29.8. The molecule has 224 valence electrons. The van der Waals surface area contributed by atoms with E-state index >= 15 is 0 Å². The molecule has 0 heterocycles. The number of hydrogen-bond acceptors (Lipinski definition) is 4. The Balaban J connectivity index is 1.36. The van der Waals surface area contributed by atoms with E-state index in [4.69, 9.17) is 20.9 Å². The second kappa shape index (κ2) is 12.8. The molecule has 4 N–H and O–H groups in total. The fraction of sp³-hybridized carbons (Fsp3) is 0.385. The molecule has 4 heteroatoms. The molecule has 4 nitrogen and oxygen atoms in total. The van der Waals surface area contributed by atoms with E-state index in [0.29, 0.717) is 11.8 Å². The minimum atomic E-state index is -0.188. The lowest BCUT2D eigenvalue weighted by Gasteiger charge is -2.32. The van der Waals surface area contributed by atoms with Gasteiger partial charge in [-0.05, 0) is 120 Å². The molecule has 2 aliphatic rings. The van der Waals surface area contributed by atoms with Crippen molar-refractivity contribution in [3.63, 3.8) is 0 Å². The van der Waals surface area contributed by atoms with Gasteiger partial charge in [0.15, 0.2) is 0 Å². The van der Waals surface area contributed by atoms with Crippen molar-refractivity contribution < 1.29 is 9.47 Å². The molecule has 0 amide bonds. The SMILES string of the molecule is CC(C)(c1ccc(Oc2ccc(N)cc2)c(C2CCCCC2)c1)c1ccc(Oc2ccc(N)cc2)c(C2CCCCC2)c1. The summed E-state index contributed by atoms with van der Waals surface area (Å²) in [6, 6.07) is 29.2. The standard InChI is InChI=1S/C39H46N2O2/c1-39(2,29-13-23-37(42-33-19-15-31(40)16-20-33)35(25-29)27-9-5-3-6-10-27)30-14-24-38(43-34-21-17-32(41)18-22-34)36(26-30)28-11-7-4-8-12-28/h13-28H,3-12,40-41H2,1-2H3. The van der Waals surface area contributed by atoms with Crippen LogP contribution in [0.1, 0.15) is 112 Å². The summed E-state index contributed by atoms with van der Waals surface area (Å²) < 4.78 is 13.0. The van der Waals surface area contributed by atoms with Crippen LogP contribution >= 0.6 is 0 Å². The molecule has 0 saturated heterocycles. The predicted molar refractivity (Wildman–Crippen MR) is 179 cm³/mol. The first kappa shape index (κ1) is 29.2. The van der Waals surface area contributed by atoms with Crippen LogP contribution in [0.15, 0.2) is 84.9 Å². The van der Waals surface area contributed by atoms with Gasteiger partial charge in [-0.25, -0.2) is 0 Å². The van der Waals surface area contributed by atoms with Crippen LogP contribution in [0.25, 0.3) is 0 Å². The maximum Gasteiger partial charge on any atom is 0.130 e. The lowest BCUT2D eigenvalue weighted by Crippen LogP contribution is -2.21. The Kier molecular flexibility index (Phi) is 8.65. The minimum absolute atomic E-state index is 0.188. The molecule has 0 radical (unpaired) electrons. The fourth-order valence-electron chi connectivity index (χ4n) is 7.02. The molecule has 0 atom stereocenters. The van der Waals surface area contributed by atoms with Crippen LogP contribution in [-0.2, 0) is 5.41 Å². The Labute approximate surface area is 257 Å². The highest BCUT2D eigenvalue weighted by Crippen LogP contribution is 2.45. The number of nitrogen functional groups attached to an aromatic ring is 2. The molecular formula is C39H46N2O2. The van der Waals surface area contributed by atoms with Gasteiger partial charge in [-0.3, -0.25) is 0 Å². The number of anilines is 2. The van der Waals surface area contributed by atoms with E-state index in [0.717, 1.165) is 34.4 Å². The molecule has 4 aromatic carbocycles. The summed E-state index contributed by atoms with van der Waals surface area (Å²) in [6.45, 7) is 4.71. The highest BCUT2D eigenvalue weighted by Gasteiger charge is 2.29. The lowest BCUT2D eigenvalue weighted by molar-refractivity contribution is 0.417. The lowest BCUT2D eigenvalue weighted by atomic mass is 9.74. The molecule has 2 saturated carbocycles. The predicted octanol–water partition coefficient (Wildman–Crippen LogP) is 10.9. The smallest absolute Gasteiger partial charge is 0.130 e.